The molecule has 4 fully saturated rings. The standard InChI is InChI=1S/C28H28F2O6/c1-27(21-12-16-11-17(14-21)15-22(27)13-16)36-25(32)20-9-7-19(8-10-20)24(31)35-23(28(29,30)26(33)34)18-5-3-2-4-6-18/h2-10,16-17,21-23H,11-15H2,1H3,(H,33,34). The van der Waals surface area contributed by atoms with Crippen LogP contribution in [0.5, 0.6) is 0 Å². The van der Waals surface area contributed by atoms with E-state index < -0.39 is 35.5 Å². The van der Waals surface area contributed by atoms with Crippen LogP contribution in [0.15, 0.2) is 54.6 Å². The number of carboxylic acid groups (broad SMARTS) is 1. The molecule has 0 spiro atoms. The highest BCUT2D eigenvalue weighted by atomic mass is 19.3. The first-order chi connectivity index (χ1) is 17.1. The lowest BCUT2D eigenvalue weighted by molar-refractivity contribution is -0.183. The Morgan fingerprint density at radius 1 is 0.861 bits per heavy atom. The van der Waals surface area contributed by atoms with E-state index in [-0.39, 0.29) is 16.7 Å². The van der Waals surface area contributed by atoms with Crippen molar-refractivity contribution in [3.63, 3.8) is 0 Å². The summed E-state index contributed by atoms with van der Waals surface area (Å²) in [6.45, 7) is 2.04. The molecule has 6 rings (SSSR count). The van der Waals surface area contributed by atoms with E-state index in [1.54, 1.807) is 6.07 Å². The van der Waals surface area contributed by atoms with Crippen LogP contribution < -0.4 is 0 Å². The number of carbonyl (C=O) groups excluding carboxylic acids is 2. The number of aliphatic carboxylic acids is 1. The van der Waals surface area contributed by atoms with Gasteiger partial charge in [-0.1, -0.05) is 30.3 Å². The zero-order valence-corrected chi connectivity index (χ0v) is 19.9. The molecule has 8 heteroatoms. The maximum absolute atomic E-state index is 14.4. The first-order valence-corrected chi connectivity index (χ1v) is 12.3. The van der Waals surface area contributed by atoms with Crippen molar-refractivity contribution in [2.24, 2.45) is 23.7 Å². The molecule has 0 aromatic heterocycles. The molecule has 0 amide bonds. The topological polar surface area (TPSA) is 89.9 Å². The van der Waals surface area contributed by atoms with Crippen molar-refractivity contribution in [2.45, 2.75) is 56.7 Å². The Labute approximate surface area is 207 Å². The van der Waals surface area contributed by atoms with E-state index in [2.05, 4.69) is 0 Å². The molecule has 1 unspecified atom stereocenters. The fourth-order valence-electron chi connectivity index (χ4n) is 6.55. The van der Waals surface area contributed by atoms with Crippen LogP contribution in [0, 0.1) is 23.7 Å². The summed E-state index contributed by atoms with van der Waals surface area (Å²) < 4.78 is 39.8. The third kappa shape index (κ3) is 4.27. The monoisotopic (exact) mass is 498 g/mol. The summed E-state index contributed by atoms with van der Waals surface area (Å²) >= 11 is 0. The van der Waals surface area contributed by atoms with E-state index in [0.29, 0.717) is 11.8 Å². The summed E-state index contributed by atoms with van der Waals surface area (Å²) in [6.07, 6.45) is 3.33. The van der Waals surface area contributed by atoms with Crippen molar-refractivity contribution in [2.75, 3.05) is 0 Å². The summed E-state index contributed by atoms with van der Waals surface area (Å²) in [6, 6.07) is 12.4. The lowest BCUT2D eigenvalue weighted by Gasteiger charge is -2.59. The normalized spacial score (nSPS) is 29.4. The highest BCUT2D eigenvalue weighted by Crippen LogP contribution is 2.59. The first kappa shape index (κ1) is 24.4. The second-order valence-corrected chi connectivity index (χ2v) is 10.6. The fourth-order valence-corrected chi connectivity index (χ4v) is 6.55. The number of esters is 2. The van der Waals surface area contributed by atoms with E-state index in [9.17, 15) is 23.2 Å². The van der Waals surface area contributed by atoms with Crippen molar-refractivity contribution >= 4 is 17.9 Å². The van der Waals surface area contributed by atoms with Gasteiger partial charge in [-0.3, -0.25) is 0 Å². The van der Waals surface area contributed by atoms with Crippen LogP contribution in [0.3, 0.4) is 0 Å². The summed E-state index contributed by atoms with van der Waals surface area (Å²) in [7, 11) is 0. The lowest BCUT2D eigenvalue weighted by atomic mass is 9.50. The quantitative estimate of drug-likeness (QED) is 0.495. The first-order valence-electron chi connectivity index (χ1n) is 12.3. The molecule has 4 saturated carbocycles. The smallest absolute Gasteiger partial charge is 0.382 e. The second-order valence-electron chi connectivity index (χ2n) is 10.6. The average molecular weight is 499 g/mol. The SMILES string of the molecule is CC1(OC(=O)c2ccc(C(=O)OC(c3ccccc3)C(F)(F)C(=O)O)cc2)C2CC3CC(C2)CC1C3. The number of hydrogen-bond donors (Lipinski definition) is 1. The second kappa shape index (κ2) is 8.98. The maximum Gasteiger partial charge on any atom is 0.382 e. The predicted molar refractivity (Wildman–Crippen MR) is 124 cm³/mol. The average Bonchev–Trinajstić information content (AvgIpc) is 2.85. The number of halogens is 2. The molecule has 2 aromatic carbocycles. The molecular formula is C28H28F2O6. The van der Waals surface area contributed by atoms with Gasteiger partial charge in [-0.15, -0.1) is 0 Å². The fraction of sp³-hybridized carbons (Fsp3) is 0.464. The Morgan fingerprint density at radius 2 is 1.36 bits per heavy atom. The number of carboxylic acids is 1. The van der Waals surface area contributed by atoms with Crippen LogP contribution in [0.1, 0.15) is 71.4 Å². The van der Waals surface area contributed by atoms with Gasteiger partial charge >= 0.3 is 23.8 Å². The largest absolute Gasteiger partial charge is 0.477 e. The Kier molecular flexibility index (Phi) is 6.09. The van der Waals surface area contributed by atoms with E-state index in [0.717, 1.165) is 37.5 Å². The molecule has 2 aromatic rings. The Balaban J connectivity index is 1.29. The molecule has 4 aliphatic carbocycles. The minimum atomic E-state index is -4.34. The molecule has 1 atom stereocenters. The van der Waals surface area contributed by atoms with Gasteiger partial charge in [0.05, 0.1) is 11.1 Å². The number of rotatable bonds is 7. The lowest BCUT2D eigenvalue weighted by Crippen LogP contribution is -2.58. The van der Waals surface area contributed by atoms with E-state index in [1.165, 1.54) is 55.0 Å². The minimum Gasteiger partial charge on any atom is -0.477 e. The maximum atomic E-state index is 14.4. The number of benzene rings is 2. The minimum absolute atomic E-state index is 0.0884. The third-order valence-corrected chi connectivity index (χ3v) is 8.37. The van der Waals surface area contributed by atoms with Crippen LogP contribution in [-0.4, -0.2) is 34.5 Å². The van der Waals surface area contributed by atoms with Crippen molar-refractivity contribution in [3.05, 3.63) is 71.3 Å². The van der Waals surface area contributed by atoms with Gasteiger partial charge in [-0.05, 0) is 92.5 Å². The van der Waals surface area contributed by atoms with Gasteiger partial charge in [0, 0.05) is 0 Å². The summed E-state index contributed by atoms with van der Waals surface area (Å²) in [5.74, 6) is -6.16. The Hall–Kier alpha value is -3.29. The van der Waals surface area contributed by atoms with E-state index in [4.69, 9.17) is 14.6 Å². The number of alkyl halides is 2. The van der Waals surface area contributed by atoms with Crippen LogP contribution in [0.4, 0.5) is 8.78 Å². The van der Waals surface area contributed by atoms with E-state index in [1.807, 2.05) is 6.92 Å². The molecular weight excluding hydrogens is 470 g/mol. The molecule has 1 N–H and O–H groups in total. The number of carbonyl (C=O) groups is 3. The van der Waals surface area contributed by atoms with Crippen LogP contribution in [0.25, 0.3) is 0 Å². The number of hydrogen-bond acceptors (Lipinski definition) is 5. The summed E-state index contributed by atoms with van der Waals surface area (Å²) in [5, 5.41) is 8.99. The van der Waals surface area contributed by atoms with Gasteiger partial charge in [0.25, 0.3) is 0 Å². The molecule has 0 heterocycles. The Morgan fingerprint density at radius 3 is 1.86 bits per heavy atom. The molecule has 36 heavy (non-hydrogen) atoms. The Bertz CT molecular complexity index is 1130. The molecule has 190 valence electrons. The van der Waals surface area contributed by atoms with Gasteiger partial charge in [-0.25, -0.2) is 14.4 Å². The van der Waals surface area contributed by atoms with Gasteiger partial charge < -0.3 is 14.6 Å². The summed E-state index contributed by atoms with van der Waals surface area (Å²) in [5.41, 5.74) is -0.498. The van der Waals surface area contributed by atoms with Gasteiger partial charge in [-0.2, -0.15) is 8.78 Å². The van der Waals surface area contributed by atoms with Crippen molar-refractivity contribution < 1.29 is 37.7 Å². The zero-order valence-electron chi connectivity index (χ0n) is 19.9. The highest BCUT2D eigenvalue weighted by Gasteiger charge is 2.57. The van der Waals surface area contributed by atoms with Crippen molar-refractivity contribution in [1.82, 2.24) is 0 Å². The van der Waals surface area contributed by atoms with Crippen LogP contribution >= 0.6 is 0 Å². The third-order valence-electron chi connectivity index (χ3n) is 8.37. The molecule has 4 bridgehead atoms. The molecule has 0 radical (unpaired) electrons. The molecule has 4 aliphatic rings. The van der Waals surface area contributed by atoms with Crippen LogP contribution in [-0.2, 0) is 14.3 Å². The van der Waals surface area contributed by atoms with Crippen molar-refractivity contribution in [3.8, 4) is 0 Å². The van der Waals surface area contributed by atoms with Gasteiger partial charge in [0.1, 0.15) is 5.60 Å². The molecule has 0 saturated heterocycles. The van der Waals surface area contributed by atoms with Gasteiger partial charge in [0.15, 0.2) is 0 Å². The summed E-state index contributed by atoms with van der Waals surface area (Å²) in [4.78, 5) is 36.8. The van der Waals surface area contributed by atoms with E-state index >= 15 is 0 Å². The molecule has 6 nitrogen and oxygen atoms in total. The predicted octanol–water partition coefficient (Wildman–Crippen LogP) is 5.68. The highest BCUT2D eigenvalue weighted by molar-refractivity contribution is 5.93. The zero-order chi connectivity index (χ0) is 25.7. The number of ether oxygens (including phenoxy) is 2. The molecule has 0 aliphatic heterocycles. The van der Waals surface area contributed by atoms with Gasteiger partial charge in [0.2, 0.25) is 6.10 Å². The van der Waals surface area contributed by atoms with Crippen LogP contribution in [0.2, 0.25) is 0 Å². The van der Waals surface area contributed by atoms with Crippen molar-refractivity contribution in [1.29, 1.82) is 0 Å².